The van der Waals surface area contributed by atoms with Crippen LogP contribution < -0.4 is 9.47 Å². The molecule has 2 aromatic rings. The predicted octanol–water partition coefficient (Wildman–Crippen LogP) is 4.93. The molecule has 0 N–H and O–H groups in total. The van der Waals surface area contributed by atoms with Crippen LogP contribution in [0, 0.1) is 11.3 Å². The fourth-order valence-electron chi connectivity index (χ4n) is 3.33. The fraction of sp³-hybridized carbons (Fsp3) is 0.240. The van der Waals surface area contributed by atoms with Crippen LogP contribution in [0.2, 0.25) is 5.02 Å². The van der Waals surface area contributed by atoms with Gasteiger partial charge in [-0.2, -0.15) is 5.26 Å². The zero-order valence-corrected chi connectivity index (χ0v) is 18.9. The molecule has 0 bridgehead atoms. The first-order valence-corrected chi connectivity index (χ1v) is 10.6. The lowest BCUT2D eigenvalue weighted by Gasteiger charge is -2.26. The summed E-state index contributed by atoms with van der Waals surface area (Å²) in [5, 5.41) is 10.1. The number of nitrogens with zero attached hydrogens (tertiary/aromatic N) is 2. The molecule has 0 spiro atoms. The lowest BCUT2D eigenvalue weighted by Crippen LogP contribution is -2.42. The van der Waals surface area contributed by atoms with Crippen molar-refractivity contribution < 1.29 is 19.1 Å². The molecule has 32 heavy (non-hydrogen) atoms. The van der Waals surface area contributed by atoms with Gasteiger partial charge in [-0.25, -0.2) is 0 Å². The van der Waals surface area contributed by atoms with E-state index in [-0.39, 0.29) is 12.1 Å². The number of carbonyl (C=O) groups excluding carboxylic acids is 2. The number of ether oxygens (including phenoxy) is 2. The van der Waals surface area contributed by atoms with Crippen LogP contribution in [0.3, 0.4) is 0 Å². The number of likely N-dealkylation sites (N-methyl/N-ethyl adjacent to an activating group) is 1. The van der Waals surface area contributed by atoms with Crippen molar-refractivity contribution in [1.29, 1.82) is 5.26 Å². The average molecular weight is 451 g/mol. The topological polar surface area (TPSA) is 79.6 Å². The van der Waals surface area contributed by atoms with Gasteiger partial charge < -0.3 is 9.47 Å². The van der Waals surface area contributed by atoms with E-state index in [1.807, 2.05) is 25.1 Å². The van der Waals surface area contributed by atoms with Crippen LogP contribution in [-0.2, 0) is 16.2 Å². The molecule has 1 heterocycles. The molecule has 0 fully saturated rings. The SMILES string of the molecule is CCOc1cc(/C=C2/C(=O)N(CC)C(=O)C(C#N)=C2C)ccc1OCc1ccc(Cl)cc1. The fourth-order valence-corrected chi connectivity index (χ4v) is 3.45. The van der Waals surface area contributed by atoms with Gasteiger partial charge in [0.25, 0.3) is 11.8 Å². The minimum Gasteiger partial charge on any atom is -0.490 e. The van der Waals surface area contributed by atoms with Crippen molar-refractivity contribution in [2.45, 2.75) is 27.4 Å². The number of imide groups is 1. The molecule has 0 radical (unpaired) electrons. The second kappa shape index (κ2) is 10.2. The first-order valence-electron chi connectivity index (χ1n) is 10.2. The molecule has 1 aliphatic heterocycles. The minimum absolute atomic E-state index is 0.0225. The summed E-state index contributed by atoms with van der Waals surface area (Å²) in [5.41, 5.74) is 2.31. The third-order valence-electron chi connectivity index (χ3n) is 5.03. The Morgan fingerprint density at radius 1 is 1.03 bits per heavy atom. The van der Waals surface area contributed by atoms with Gasteiger partial charge in [-0.05, 0) is 67.8 Å². The Labute approximate surface area is 192 Å². The van der Waals surface area contributed by atoms with Gasteiger partial charge in [0, 0.05) is 17.1 Å². The highest BCUT2D eigenvalue weighted by molar-refractivity contribution is 6.30. The summed E-state index contributed by atoms with van der Waals surface area (Å²) in [4.78, 5) is 26.3. The number of rotatable bonds is 7. The summed E-state index contributed by atoms with van der Waals surface area (Å²) in [6, 6.07) is 14.6. The minimum atomic E-state index is -0.560. The second-order valence-corrected chi connectivity index (χ2v) is 7.52. The monoisotopic (exact) mass is 450 g/mol. The first-order chi connectivity index (χ1) is 15.4. The Bertz CT molecular complexity index is 1140. The molecular formula is C25H23ClN2O4. The summed E-state index contributed by atoms with van der Waals surface area (Å²) < 4.78 is 11.7. The van der Waals surface area contributed by atoms with Gasteiger partial charge in [0.05, 0.1) is 6.61 Å². The number of hydrogen-bond acceptors (Lipinski definition) is 5. The van der Waals surface area contributed by atoms with Crippen LogP contribution in [0.25, 0.3) is 6.08 Å². The van der Waals surface area contributed by atoms with E-state index >= 15 is 0 Å². The van der Waals surface area contributed by atoms with Gasteiger partial charge >= 0.3 is 0 Å². The predicted molar refractivity (Wildman–Crippen MR) is 122 cm³/mol. The van der Waals surface area contributed by atoms with Gasteiger partial charge in [-0.1, -0.05) is 29.8 Å². The maximum absolute atomic E-state index is 12.8. The van der Waals surface area contributed by atoms with Crippen molar-refractivity contribution in [3.8, 4) is 17.6 Å². The van der Waals surface area contributed by atoms with E-state index < -0.39 is 11.8 Å². The number of hydrogen-bond donors (Lipinski definition) is 0. The lowest BCUT2D eigenvalue weighted by atomic mass is 9.93. The quantitative estimate of drug-likeness (QED) is 0.441. The molecule has 0 unspecified atom stereocenters. The number of benzene rings is 2. The van der Waals surface area contributed by atoms with Crippen molar-refractivity contribution in [2.75, 3.05) is 13.2 Å². The van der Waals surface area contributed by atoms with E-state index in [1.165, 1.54) is 0 Å². The molecule has 164 valence electrons. The molecular weight excluding hydrogens is 428 g/mol. The molecule has 0 aromatic heterocycles. The third-order valence-corrected chi connectivity index (χ3v) is 5.28. The molecule has 7 heteroatoms. The van der Waals surface area contributed by atoms with Gasteiger partial charge in [0.2, 0.25) is 0 Å². The van der Waals surface area contributed by atoms with E-state index in [2.05, 4.69) is 0 Å². The standard InChI is InChI=1S/C25H23ClN2O4/c1-4-28-24(29)20(16(3)21(14-27)25(28)30)12-18-8-11-22(23(13-18)31-5-2)32-15-17-6-9-19(26)10-7-17/h6-13H,4-5,15H2,1-3H3/b20-12+. The zero-order chi connectivity index (χ0) is 23.3. The van der Waals surface area contributed by atoms with Gasteiger partial charge in [0.1, 0.15) is 18.2 Å². The number of carbonyl (C=O) groups is 2. The summed E-state index contributed by atoms with van der Waals surface area (Å²) >= 11 is 5.92. The Kier molecular flexibility index (Phi) is 7.34. The van der Waals surface area contributed by atoms with Crippen molar-refractivity contribution in [3.05, 3.63) is 75.3 Å². The maximum Gasteiger partial charge on any atom is 0.271 e. The van der Waals surface area contributed by atoms with E-state index in [4.69, 9.17) is 21.1 Å². The van der Waals surface area contributed by atoms with E-state index in [9.17, 15) is 14.9 Å². The Morgan fingerprint density at radius 2 is 1.75 bits per heavy atom. The normalized spacial score (nSPS) is 15.2. The maximum atomic E-state index is 12.8. The van der Waals surface area contributed by atoms with Crippen LogP contribution in [-0.4, -0.2) is 29.9 Å². The van der Waals surface area contributed by atoms with Crippen LogP contribution in [0.4, 0.5) is 0 Å². The van der Waals surface area contributed by atoms with Crippen LogP contribution >= 0.6 is 11.6 Å². The Balaban J connectivity index is 1.93. The molecule has 1 aliphatic rings. The Morgan fingerprint density at radius 3 is 2.38 bits per heavy atom. The highest BCUT2D eigenvalue weighted by atomic mass is 35.5. The van der Waals surface area contributed by atoms with E-state index in [0.717, 1.165) is 10.5 Å². The van der Waals surface area contributed by atoms with Crippen LogP contribution in [0.15, 0.2) is 59.2 Å². The molecule has 2 amide bonds. The number of amides is 2. The van der Waals surface area contributed by atoms with Crippen LogP contribution in [0.1, 0.15) is 31.9 Å². The van der Waals surface area contributed by atoms with Gasteiger partial charge in [-0.15, -0.1) is 0 Å². The number of halogens is 1. The highest BCUT2D eigenvalue weighted by Gasteiger charge is 2.34. The third kappa shape index (κ3) is 4.84. The van der Waals surface area contributed by atoms with E-state index in [1.54, 1.807) is 50.3 Å². The molecule has 0 saturated carbocycles. The highest BCUT2D eigenvalue weighted by Crippen LogP contribution is 2.32. The van der Waals surface area contributed by atoms with Crippen molar-refractivity contribution >= 4 is 29.5 Å². The molecule has 6 nitrogen and oxygen atoms in total. The van der Waals surface area contributed by atoms with Crippen molar-refractivity contribution in [2.24, 2.45) is 0 Å². The van der Waals surface area contributed by atoms with Crippen molar-refractivity contribution in [1.82, 2.24) is 4.90 Å². The molecule has 0 atom stereocenters. The van der Waals surface area contributed by atoms with E-state index in [0.29, 0.717) is 46.4 Å². The molecule has 0 saturated heterocycles. The summed E-state index contributed by atoms with van der Waals surface area (Å²) in [7, 11) is 0. The molecule has 3 rings (SSSR count). The smallest absolute Gasteiger partial charge is 0.271 e. The number of nitriles is 1. The molecule has 2 aromatic carbocycles. The molecule has 0 aliphatic carbocycles. The Hall–Kier alpha value is -3.56. The largest absolute Gasteiger partial charge is 0.490 e. The average Bonchev–Trinajstić information content (AvgIpc) is 2.78. The van der Waals surface area contributed by atoms with Crippen LogP contribution in [0.5, 0.6) is 11.5 Å². The van der Waals surface area contributed by atoms with Crippen molar-refractivity contribution in [3.63, 3.8) is 0 Å². The summed E-state index contributed by atoms with van der Waals surface area (Å²) in [6.45, 7) is 6.15. The zero-order valence-electron chi connectivity index (χ0n) is 18.1. The summed E-state index contributed by atoms with van der Waals surface area (Å²) in [6.07, 6.45) is 1.66. The van der Waals surface area contributed by atoms with Gasteiger partial charge in [-0.3, -0.25) is 14.5 Å². The first kappa shape index (κ1) is 23.1. The van der Waals surface area contributed by atoms with Gasteiger partial charge in [0.15, 0.2) is 11.5 Å². The second-order valence-electron chi connectivity index (χ2n) is 7.08. The summed E-state index contributed by atoms with van der Waals surface area (Å²) in [5.74, 6) is 0.115. The lowest BCUT2D eigenvalue weighted by molar-refractivity contribution is -0.140.